The number of aliphatic hydroxyl groups is 1. The number of phosphoric acid groups is 2. The van der Waals surface area contributed by atoms with Crippen LogP contribution in [0.2, 0.25) is 0 Å². The maximum Gasteiger partial charge on any atom is 0.472 e. The Bertz CT molecular complexity index is 1870. The van der Waals surface area contributed by atoms with Gasteiger partial charge in [-0.15, -0.1) is 0 Å². The number of carbonyl (C=O) groups is 4. The highest BCUT2D eigenvalue weighted by Crippen LogP contribution is 2.45. The normalized spacial score (nSPS) is 14.0. The van der Waals surface area contributed by atoms with Crippen LogP contribution in [0.3, 0.4) is 0 Å². The maximum absolute atomic E-state index is 13.1. The molecular weight excluding hydrogens is 1270 g/mol. The number of unbranched alkanes of at least 4 members (excludes halogenated alkanes) is 47. The second-order valence-electron chi connectivity index (χ2n) is 29.1. The van der Waals surface area contributed by atoms with Crippen molar-refractivity contribution in [3.05, 3.63) is 0 Å². The van der Waals surface area contributed by atoms with Crippen molar-refractivity contribution in [3.63, 3.8) is 0 Å². The molecule has 0 saturated carbocycles. The van der Waals surface area contributed by atoms with E-state index >= 15 is 0 Å². The van der Waals surface area contributed by atoms with E-state index in [-0.39, 0.29) is 25.7 Å². The molecule has 0 amide bonds. The van der Waals surface area contributed by atoms with Crippen molar-refractivity contribution in [2.45, 2.75) is 426 Å². The van der Waals surface area contributed by atoms with Gasteiger partial charge in [-0.3, -0.25) is 37.3 Å². The van der Waals surface area contributed by atoms with E-state index in [0.29, 0.717) is 25.7 Å². The molecule has 0 aromatic rings. The lowest BCUT2D eigenvalue weighted by Crippen LogP contribution is -2.30. The van der Waals surface area contributed by atoms with Crippen molar-refractivity contribution in [3.8, 4) is 0 Å². The average Bonchev–Trinajstić information content (AvgIpc) is 2.31. The van der Waals surface area contributed by atoms with Crippen molar-refractivity contribution >= 4 is 39.5 Å². The topological polar surface area (TPSA) is 237 Å². The van der Waals surface area contributed by atoms with Gasteiger partial charge in [-0.25, -0.2) is 9.13 Å². The molecule has 0 aromatic carbocycles. The van der Waals surface area contributed by atoms with E-state index in [1.807, 2.05) is 0 Å². The molecule has 2 unspecified atom stereocenters. The highest BCUT2D eigenvalue weighted by atomic mass is 31.2. The number of phosphoric ester groups is 2. The number of esters is 4. The fourth-order valence-corrected chi connectivity index (χ4v) is 13.6. The molecule has 3 N–H and O–H groups in total. The van der Waals surface area contributed by atoms with Gasteiger partial charge in [-0.1, -0.05) is 356 Å². The molecule has 0 bridgehead atoms. The van der Waals surface area contributed by atoms with Gasteiger partial charge in [0.25, 0.3) is 0 Å². The number of hydrogen-bond donors (Lipinski definition) is 3. The van der Waals surface area contributed by atoms with Gasteiger partial charge in [-0.2, -0.15) is 0 Å². The Morgan fingerprint density at radius 3 is 0.701 bits per heavy atom. The molecule has 17 nitrogen and oxygen atoms in total. The average molecular weight is 1420 g/mol. The first-order chi connectivity index (χ1) is 46.9. The largest absolute Gasteiger partial charge is 0.472 e. The molecule has 0 aromatic heterocycles. The molecule has 0 spiro atoms. The van der Waals surface area contributed by atoms with Gasteiger partial charge in [0.15, 0.2) is 12.2 Å². The Labute approximate surface area is 594 Å². The van der Waals surface area contributed by atoms with Gasteiger partial charge in [0.1, 0.15) is 19.3 Å². The molecule has 0 fully saturated rings. The zero-order valence-corrected chi connectivity index (χ0v) is 65.2. The quantitative estimate of drug-likeness (QED) is 0.0222. The summed E-state index contributed by atoms with van der Waals surface area (Å²) in [5.41, 5.74) is 0. The first-order valence-electron chi connectivity index (χ1n) is 40.5. The van der Waals surface area contributed by atoms with E-state index in [1.165, 1.54) is 225 Å². The van der Waals surface area contributed by atoms with Crippen LogP contribution in [0, 0.1) is 11.8 Å². The zero-order chi connectivity index (χ0) is 71.4. The van der Waals surface area contributed by atoms with Gasteiger partial charge in [-0.05, 0) is 37.5 Å². The van der Waals surface area contributed by atoms with Gasteiger partial charge >= 0.3 is 39.5 Å². The van der Waals surface area contributed by atoms with E-state index in [1.54, 1.807) is 0 Å². The van der Waals surface area contributed by atoms with E-state index < -0.39 is 97.5 Å². The number of ether oxygens (including phenoxy) is 4. The standard InChI is InChI=1S/C78H152O17P2/c1-7-9-11-13-15-17-19-21-22-23-24-25-26-27-28-29-31-33-35-44-50-56-62-77(82)94-73(66-88-75(80)60-54-48-42-34-32-30-20-18-16-14-12-10-8-2)68-92-96(84,85)90-64-72(79)65-91-97(86,87)93-69-74(95-78(83)63-57-51-45-39-37-41-47-53-59-71(5)6)67-89-76(81)61-55-49-43-38-36-40-46-52-58-70(3)4/h70-74,79H,7-69H2,1-6H3,(H,84,85)(H,86,87)/t72-,73-,74-/m1/s1. The maximum atomic E-state index is 13.1. The summed E-state index contributed by atoms with van der Waals surface area (Å²) in [6.45, 7) is 9.53. The van der Waals surface area contributed by atoms with Crippen LogP contribution < -0.4 is 0 Å². The molecule has 0 radical (unpaired) electrons. The summed E-state index contributed by atoms with van der Waals surface area (Å²) in [7, 11) is -9.91. The molecule has 0 heterocycles. The Morgan fingerprint density at radius 2 is 0.474 bits per heavy atom. The first-order valence-corrected chi connectivity index (χ1v) is 43.5. The summed E-state index contributed by atoms with van der Waals surface area (Å²) in [6, 6.07) is 0. The van der Waals surface area contributed by atoms with Gasteiger partial charge < -0.3 is 33.8 Å². The van der Waals surface area contributed by atoms with E-state index in [2.05, 4.69) is 41.5 Å². The number of rotatable bonds is 77. The number of carbonyl (C=O) groups excluding carboxylic acids is 4. The Kier molecular flexibility index (Phi) is 68.4. The van der Waals surface area contributed by atoms with Gasteiger partial charge in [0, 0.05) is 25.7 Å². The molecule has 0 rings (SSSR count). The summed E-state index contributed by atoms with van der Waals surface area (Å²) < 4.78 is 68.5. The first kappa shape index (κ1) is 95.1. The third-order valence-corrected chi connectivity index (χ3v) is 20.1. The van der Waals surface area contributed by atoms with E-state index in [9.17, 15) is 43.2 Å². The predicted molar refractivity (Wildman–Crippen MR) is 395 cm³/mol. The third kappa shape index (κ3) is 72.2. The van der Waals surface area contributed by atoms with Crippen molar-refractivity contribution in [1.29, 1.82) is 0 Å². The predicted octanol–water partition coefficient (Wildman–Crippen LogP) is 23.1. The number of hydrogen-bond acceptors (Lipinski definition) is 15. The SMILES string of the molecule is CCCCCCCCCCCCCCCCCCCCCCCCC(=O)O[C@H](COC(=O)CCCCCCCCCCCCCCC)COP(=O)(O)OC[C@@H](O)COP(=O)(O)OC[C@@H](COC(=O)CCCCCCCCCCC(C)C)OC(=O)CCCCCCCCCCC(C)C. The summed E-state index contributed by atoms with van der Waals surface area (Å²) in [4.78, 5) is 72.8. The van der Waals surface area contributed by atoms with Crippen LogP contribution in [0.4, 0.5) is 0 Å². The second-order valence-corrected chi connectivity index (χ2v) is 32.0. The zero-order valence-electron chi connectivity index (χ0n) is 63.4. The second kappa shape index (κ2) is 69.8. The Morgan fingerprint density at radius 1 is 0.278 bits per heavy atom. The fourth-order valence-electron chi connectivity index (χ4n) is 12.0. The summed E-state index contributed by atoms with van der Waals surface area (Å²) in [5.74, 6) is -0.672. The molecule has 0 aliphatic rings. The lowest BCUT2D eigenvalue weighted by molar-refractivity contribution is -0.161. The lowest BCUT2D eigenvalue weighted by Gasteiger charge is -2.21. The molecule has 5 atom stereocenters. The van der Waals surface area contributed by atoms with Crippen LogP contribution in [0.1, 0.15) is 408 Å². The Balaban J connectivity index is 5.18. The van der Waals surface area contributed by atoms with Gasteiger partial charge in [0.05, 0.1) is 26.4 Å². The molecule has 19 heteroatoms. The van der Waals surface area contributed by atoms with Crippen molar-refractivity contribution < 1.29 is 80.2 Å². The summed E-state index contributed by atoms with van der Waals surface area (Å²) in [6.07, 6.45) is 58.5. The van der Waals surface area contributed by atoms with Crippen LogP contribution in [-0.4, -0.2) is 96.7 Å². The Hall–Kier alpha value is -1.94. The monoisotopic (exact) mass is 1420 g/mol. The molecule has 0 saturated heterocycles. The van der Waals surface area contributed by atoms with E-state index in [0.717, 1.165) is 102 Å². The van der Waals surface area contributed by atoms with Crippen LogP contribution in [0.15, 0.2) is 0 Å². The minimum Gasteiger partial charge on any atom is -0.462 e. The highest BCUT2D eigenvalue weighted by molar-refractivity contribution is 7.47. The summed E-state index contributed by atoms with van der Waals surface area (Å²) >= 11 is 0. The smallest absolute Gasteiger partial charge is 0.462 e. The summed E-state index contributed by atoms with van der Waals surface area (Å²) in [5, 5.41) is 10.6. The fraction of sp³-hybridized carbons (Fsp3) is 0.949. The molecular formula is C78H152O17P2. The third-order valence-electron chi connectivity index (χ3n) is 18.2. The molecule has 576 valence electrons. The molecule has 0 aliphatic carbocycles. The number of aliphatic hydroxyl groups excluding tert-OH is 1. The highest BCUT2D eigenvalue weighted by Gasteiger charge is 2.30. The van der Waals surface area contributed by atoms with Crippen molar-refractivity contribution in [2.75, 3.05) is 39.6 Å². The van der Waals surface area contributed by atoms with E-state index in [4.69, 9.17) is 37.0 Å². The minimum atomic E-state index is -4.96. The van der Waals surface area contributed by atoms with Crippen LogP contribution in [0.25, 0.3) is 0 Å². The minimum absolute atomic E-state index is 0.104. The van der Waals surface area contributed by atoms with Crippen LogP contribution >= 0.6 is 15.6 Å². The van der Waals surface area contributed by atoms with Crippen molar-refractivity contribution in [1.82, 2.24) is 0 Å². The molecule has 0 aliphatic heterocycles. The van der Waals surface area contributed by atoms with Crippen molar-refractivity contribution in [2.24, 2.45) is 11.8 Å². The van der Waals surface area contributed by atoms with Crippen LogP contribution in [-0.2, 0) is 65.4 Å². The van der Waals surface area contributed by atoms with Crippen LogP contribution in [0.5, 0.6) is 0 Å². The van der Waals surface area contributed by atoms with Gasteiger partial charge in [0.2, 0.25) is 0 Å². The lowest BCUT2D eigenvalue weighted by atomic mass is 10.0. The molecule has 97 heavy (non-hydrogen) atoms.